The van der Waals surface area contributed by atoms with Crippen molar-refractivity contribution in [1.29, 1.82) is 0 Å². The van der Waals surface area contributed by atoms with Gasteiger partial charge in [-0.1, -0.05) is 17.7 Å². The number of aryl methyl sites for hydroxylation is 1. The maximum Gasteiger partial charge on any atom is 0.123 e. The van der Waals surface area contributed by atoms with Crippen LogP contribution in [0.2, 0.25) is 0 Å². The van der Waals surface area contributed by atoms with Crippen LogP contribution in [0.5, 0.6) is 0 Å². The third-order valence-corrected chi connectivity index (χ3v) is 2.34. The largest absolute Gasteiger partial charge is 0.324 e. The van der Waals surface area contributed by atoms with E-state index >= 15 is 0 Å². The fourth-order valence-electron chi connectivity index (χ4n) is 1.14. The molecule has 0 aliphatic carbocycles. The van der Waals surface area contributed by atoms with E-state index in [4.69, 9.17) is 5.73 Å². The normalized spacial score (nSPS) is 14.2. The molecule has 0 spiro atoms. The van der Waals surface area contributed by atoms with E-state index in [0.29, 0.717) is 0 Å². The summed E-state index contributed by atoms with van der Waals surface area (Å²) in [5.74, 6) is -0.209. The Hall–Kier alpha value is -1.15. The van der Waals surface area contributed by atoms with Crippen molar-refractivity contribution in [2.24, 2.45) is 5.73 Å². The fraction of sp³-hybridized carbons (Fsp3) is 0.333. The Morgan fingerprint density at radius 2 is 2.14 bits per heavy atom. The van der Waals surface area contributed by atoms with Gasteiger partial charge >= 0.3 is 0 Å². The molecule has 0 aromatic heterocycles. The molecule has 2 N–H and O–H groups in total. The molecule has 1 atom stereocenters. The van der Waals surface area contributed by atoms with Gasteiger partial charge in [0, 0.05) is 6.04 Å². The molecule has 76 valence electrons. The van der Waals surface area contributed by atoms with Gasteiger partial charge in [-0.15, -0.1) is 0 Å². The predicted molar refractivity (Wildman–Crippen MR) is 58.4 cm³/mol. The molecule has 0 saturated carbocycles. The highest BCUT2D eigenvalue weighted by atomic mass is 19.1. The van der Waals surface area contributed by atoms with Crippen molar-refractivity contribution in [3.05, 3.63) is 40.7 Å². The monoisotopic (exact) mass is 193 g/mol. The number of hydrogen-bond acceptors (Lipinski definition) is 1. The summed E-state index contributed by atoms with van der Waals surface area (Å²) in [4.78, 5) is 0. The van der Waals surface area contributed by atoms with Gasteiger partial charge in [0.25, 0.3) is 0 Å². The first-order valence-electron chi connectivity index (χ1n) is 4.70. The number of rotatable bonds is 2. The van der Waals surface area contributed by atoms with Gasteiger partial charge in [-0.25, -0.2) is 4.39 Å². The summed E-state index contributed by atoms with van der Waals surface area (Å²) in [7, 11) is 0. The summed E-state index contributed by atoms with van der Waals surface area (Å²) >= 11 is 0. The van der Waals surface area contributed by atoms with Crippen LogP contribution in [0.1, 0.15) is 25.0 Å². The van der Waals surface area contributed by atoms with Crippen LogP contribution in [0.3, 0.4) is 0 Å². The minimum Gasteiger partial charge on any atom is -0.324 e. The molecule has 1 aromatic carbocycles. The minimum absolute atomic E-state index is 0.0117. The molecule has 0 heterocycles. The van der Waals surface area contributed by atoms with Gasteiger partial charge in [0.15, 0.2) is 0 Å². The summed E-state index contributed by atoms with van der Waals surface area (Å²) in [6.07, 6.45) is 1.93. The second-order valence-electron chi connectivity index (χ2n) is 3.68. The molecule has 0 bridgehead atoms. The Balaban J connectivity index is 3.07. The molecule has 0 aliphatic rings. The van der Waals surface area contributed by atoms with Crippen LogP contribution in [0.25, 0.3) is 6.08 Å². The van der Waals surface area contributed by atoms with Gasteiger partial charge in [-0.3, -0.25) is 0 Å². The topological polar surface area (TPSA) is 26.0 Å². The molecule has 1 aromatic rings. The molecule has 0 aliphatic heterocycles. The Labute approximate surface area is 84.4 Å². The van der Waals surface area contributed by atoms with Crippen LogP contribution >= 0.6 is 0 Å². The van der Waals surface area contributed by atoms with Crippen LogP contribution in [0.15, 0.2) is 23.8 Å². The maximum atomic E-state index is 12.9. The summed E-state index contributed by atoms with van der Waals surface area (Å²) < 4.78 is 12.9. The summed E-state index contributed by atoms with van der Waals surface area (Å²) in [5, 5.41) is 0. The van der Waals surface area contributed by atoms with E-state index in [0.717, 1.165) is 16.7 Å². The second-order valence-corrected chi connectivity index (χ2v) is 3.68. The Morgan fingerprint density at radius 1 is 1.50 bits per heavy atom. The molecular formula is C12H16FN. The average molecular weight is 193 g/mol. The fourth-order valence-corrected chi connectivity index (χ4v) is 1.14. The van der Waals surface area contributed by atoms with E-state index in [-0.39, 0.29) is 11.9 Å². The SMILES string of the molecule is C/C(=C\c1cc(F)ccc1C)C(C)N. The minimum atomic E-state index is -0.209. The molecule has 14 heavy (non-hydrogen) atoms. The molecule has 2 heteroatoms. The third-order valence-electron chi connectivity index (χ3n) is 2.34. The average Bonchev–Trinajstić information content (AvgIpc) is 2.11. The van der Waals surface area contributed by atoms with Crippen molar-refractivity contribution in [1.82, 2.24) is 0 Å². The van der Waals surface area contributed by atoms with E-state index in [2.05, 4.69) is 0 Å². The molecule has 1 rings (SSSR count). The zero-order valence-electron chi connectivity index (χ0n) is 8.84. The smallest absolute Gasteiger partial charge is 0.123 e. The number of hydrogen-bond donors (Lipinski definition) is 1. The molecule has 0 amide bonds. The van der Waals surface area contributed by atoms with Crippen LogP contribution in [0.4, 0.5) is 4.39 Å². The van der Waals surface area contributed by atoms with Crippen LogP contribution in [-0.4, -0.2) is 6.04 Å². The van der Waals surface area contributed by atoms with E-state index in [1.54, 1.807) is 6.07 Å². The van der Waals surface area contributed by atoms with Crippen LogP contribution < -0.4 is 5.73 Å². The van der Waals surface area contributed by atoms with Gasteiger partial charge in [0.1, 0.15) is 5.82 Å². The summed E-state index contributed by atoms with van der Waals surface area (Å²) in [6.45, 7) is 5.83. The number of benzene rings is 1. The lowest BCUT2D eigenvalue weighted by molar-refractivity contribution is 0.627. The predicted octanol–water partition coefficient (Wildman–Crippen LogP) is 2.88. The van der Waals surface area contributed by atoms with Gasteiger partial charge in [0.05, 0.1) is 0 Å². The van der Waals surface area contributed by atoms with Crippen molar-refractivity contribution in [2.45, 2.75) is 26.8 Å². The van der Waals surface area contributed by atoms with Crippen molar-refractivity contribution >= 4 is 6.08 Å². The molecule has 0 fully saturated rings. The molecule has 0 radical (unpaired) electrons. The van der Waals surface area contributed by atoms with Crippen molar-refractivity contribution in [2.75, 3.05) is 0 Å². The standard InChI is InChI=1S/C12H16FN/c1-8-4-5-12(13)7-11(8)6-9(2)10(3)14/h4-7,10H,14H2,1-3H3/b9-6+. The molecule has 0 saturated heterocycles. The zero-order chi connectivity index (χ0) is 10.7. The highest BCUT2D eigenvalue weighted by molar-refractivity contribution is 5.56. The first kappa shape index (κ1) is 10.9. The molecule has 1 nitrogen and oxygen atoms in total. The van der Waals surface area contributed by atoms with Gasteiger partial charge < -0.3 is 5.73 Å². The Morgan fingerprint density at radius 3 is 2.71 bits per heavy atom. The van der Waals surface area contributed by atoms with E-state index < -0.39 is 0 Å². The van der Waals surface area contributed by atoms with E-state index in [1.807, 2.05) is 26.8 Å². The first-order chi connectivity index (χ1) is 6.50. The first-order valence-corrected chi connectivity index (χ1v) is 4.70. The Bertz CT molecular complexity index is 353. The Kier molecular flexibility index (Phi) is 3.42. The van der Waals surface area contributed by atoms with Crippen molar-refractivity contribution < 1.29 is 4.39 Å². The van der Waals surface area contributed by atoms with Crippen molar-refractivity contribution in [3.63, 3.8) is 0 Å². The zero-order valence-corrected chi connectivity index (χ0v) is 8.84. The number of nitrogens with two attached hydrogens (primary N) is 1. The summed E-state index contributed by atoms with van der Waals surface area (Å²) in [6, 6.07) is 4.78. The van der Waals surface area contributed by atoms with Crippen LogP contribution in [0, 0.1) is 12.7 Å². The van der Waals surface area contributed by atoms with Gasteiger partial charge in [-0.05, 0) is 44.0 Å². The lowest BCUT2D eigenvalue weighted by Crippen LogP contribution is -2.15. The lowest BCUT2D eigenvalue weighted by atomic mass is 10.0. The van der Waals surface area contributed by atoms with Crippen LogP contribution in [-0.2, 0) is 0 Å². The maximum absolute atomic E-state index is 12.9. The number of halogens is 1. The second kappa shape index (κ2) is 4.38. The van der Waals surface area contributed by atoms with E-state index in [1.165, 1.54) is 12.1 Å². The summed E-state index contributed by atoms with van der Waals surface area (Å²) in [5.41, 5.74) is 8.73. The molecule has 1 unspecified atom stereocenters. The van der Waals surface area contributed by atoms with Crippen molar-refractivity contribution in [3.8, 4) is 0 Å². The molecular weight excluding hydrogens is 177 g/mol. The van der Waals surface area contributed by atoms with Gasteiger partial charge in [0.2, 0.25) is 0 Å². The highest BCUT2D eigenvalue weighted by Crippen LogP contribution is 2.14. The van der Waals surface area contributed by atoms with E-state index in [9.17, 15) is 4.39 Å². The lowest BCUT2D eigenvalue weighted by Gasteiger charge is -2.07. The highest BCUT2D eigenvalue weighted by Gasteiger charge is 2.00. The quantitative estimate of drug-likeness (QED) is 0.767. The third kappa shape index (κ3) is 2.67. The van der Waals surface area contributed by atoms with Gasteiger partial charge in [-0.2, -0.15) is 0 Å².